The number of rotatable bonds is 5. The molecule has 0 bridgehead atoms. The Bertz CT molecular complexity index is 1400. The molecule has 0 radical (unpaired) electrons. The van der Waals surface area contributed by atoms with Crippen LogP contribution in [0.2, 0.25) is 0 Å². The summed E-state index contributed by atoms with van der Waals surface area (Å²) in [6.07, 6.45) is 4.79. The third kappa shape index (κ3) is 4.37. The van der Waals surface area contributed by atoms with E-state index >= 15 is 0 Å². The first-order valence-corrected chi connectivity index (χ1v) is 11.2. The fourth-order valence-corrected chi connectivity index (χ4v) is 3.84. The van der Waals surface area contributed by atoms with Gasteiger partial charge in [-0.3, -0.25) is 14.4 Å². The van der Waals surface area contributed by atoms with Crippen molar-refractivity contribution >= 4 is 23.1 Å². The average molecular weight is 478 g/mol. The molecule has 1 fully saturated rings. The van der Waals surface area contributed by atoms with E-state index in [0.29, 0.717) is 53.2 Å². The number of nitrogens with zero attached hydrogens (tertiary/aromatic N) is 5. The molecule has 1 aromatic carbocycles. The van der Waals surface area contributed by atoms with Gasteiger partial charge in [0, 0.05) is 24.2 Å². The summed E-state index contributed by atoms with van der Waals surface area (Å²) in [5, 5.41) is 7.43. The lowest BCUT2D eigenvalue weighted by Crippen LogP contribution is -2.30. The van der Waals surface area contributed by atoms with Crippen LogP contribution in [0.1, 0.15) is 26.8 Å². The summed E-state index contributed by atoms with van der Waals surface area (Å²) in [4.78, 5) is 21.4. The maximum Gasteiger partial charge on any atom is 0.412 e. The molecule has 0 saturated carbocycles. The third-order valence-corrected chi connectivity index (χ3v) is 5.53. The van der Waals surface area contributed by atoms with Gasteiger partial charge in [-0.2, -0.15) is 5.10 Å². The molecule has 4 aromatic rings. The number of hydrogen-bond donors (Lipinski definition) is 2. The average Bonchev–Trinajstić information content (AvgIpc) is 3.37. The zero-order chi connectivity index (χ0) is 24.7. The van der Waals surface area contributed by atoms with Gasteiger partial charge in [0.05, 0.1) is 32.1 Å². The highest BCUT2D eigenvalue weighted by molar-refractivity contribution is 5.91. The van der Waals surface area contributed by atoms with Gasteiger partial charge in [0.1, 0.15) is 34.1 Å². The number of fused-ring (bicyclic) bond motifs is 1. The summed E-state index contributed by atoms with van der Waals surface area (Å²) in [7, 11) is 1.53. The van der Waals surface area contributed by atoms with Crippen molar-refractivity contribution < 1.29 is 19.0 Å². The van der Waals surface area contributed by atoms with Crippen LogP contribution < -0.4 is 15.8 Å². The molecule has 0 unspecified atom stereocenters. The van der Waals surface area contributed by atoms with Gasteiger partial charge in [-0.1, -0.05) is 6.07 Å². The Labute approximate surface area is 201 Å². The van der Waals surface area contributed by atoms with Crippen molar-refractivity contribution in [2.45, 2.75) is 32.4 Å². The predicted octanol–water partition coefficient (Wildman–Crippen LogP) is 3.77. The maximum absolute atomic E-state index is 12.3. The van der Waals surface area contributed by atoms with E-state index in [9.17, 15) is 4.79 Å². The first-order chi connectivity index (χ1) is 16.7. The van der Waals surface area contributed by atoms with E-state index in [1.165, 1.54) is 7.11 Å². The van der Waals surface area contributed by atoms with Crippen LogP contribution in [0.4, 0.5) is 16.3 Å². The van der Waals surface area contributed by atoms with Crippen molar-refractivity contribution in [3.8, 4) is 28.5 Å². The fourth-order valence-electron chi connectivity index (χ4n) is 3.84. The number of amides is 1. The van der Waals surface area contributed by atoms with Crippen LogP contribution in [-0.2, 0) is 9.47 Å². The van der Waals surface area contributed by atoms with Crippen LogP contribution >= 0.6 is 0 Å². The van der Waals surface area contributed by atoms with Crippen molar-refractivity contribution in [2.24, 2.45) is 0 Å². The number of methoxy groups -OCH3 is 1. The van der Waals surface area contributed by atoms with Crippen molar-refractivity contribution in [3.63, 3.8) is 0 Å². The van der Waals surface area contributed by atoms with Gasteiger partial charge in [-0.15, -0.1) is 0 Å². The number of carbonyl (C=O) groups is 1. The fraction of sp³-hybridized carbons (Fsp3) is 0.333. The Morgan fingerprint density at radius 3 is 2.71 bits per heavy atom. The summed E-state index contributed by atoms with van der Waals surface area (Å²) in [5.74, 6) is 1.42. The Morgan fingerprint density at radius 1 is 1.23 bits per heavy atom. The SMILES string of the molecule is COc1cc(-c2nc(-c3ccn(C4COC4)n3)n3ccnc(N)c23)ccc1NC(=O)OC(C)(C)C. The predicted molar refractivity (Wildman–Crippen MR) is 130 cm³/mol. The maximum atomic E-state index is 12.3. The second-order valence-electron chi connectivity index (χ2n) is 9.23. The van der Waals surface area contributed by atoms with Crippen molar-refractivity contribution in [3.05, 3.63) is 42.9 Å². The largest absolute Gasteiger partial charge is 0.495 e. The zero-order valence-electron chi connectivity index (χ0n) is 20.0. The van der Waals surface area contributed by atoms with E-state index in [0.717, 1.165) is 5.56 Å². The normalized spacial score (nSPS) is 14.1. The molecule has 35 heavy (non-hydrogen) atoms. The number of ether oxygens (including phenoxy) is 3. The molecule has 5 rings (SSSR count). The number of hydrogen-bond acceptors (Lipinski definition) is 8. The number of imidazole rings is 1. The van der Waals surface area contributed by atoms with Crippen LogP contribution in [0.3, 0.4) is 0 Å². The highest BCUT2D eigenvalue weighted by Gasteiger charge is 2.24. The Balaban J connectivity index is 1.54. The topological polar surface area (TPSA) is 131 Å². The molecule has 0 atom stereocenters. The van der Waals surface area contributed by atoms with E-state index in [4.69, 9.17) is 30.0 Å². The van der Waals surface area contributed by atoms with E-state index in [2.05, 4.69) is 10.3 Å². The molecule has 3 aromatic heterocycles. The first-order valence-electron chi connectivity index (χ1n) is 11.2. The van der Waals surface area contributed by atoms with Crippen LogP contribution in [0.15, 0.2) is 42.9 Å². The van der Waals surface area contributed by atoms with E-state index < -0.39 is 11.7 Å². The van der Waals surface area contributed by atoms with Gasteiger partial charge in [-0.25, -0.2) is 14.8 Å². The Morgan fingerprint density at radius 2 is 2.03 bits per heavy atom. The molecule has 182 valence electrons. The van der Waals surface area contributed by atoms with Gasteiger partial charge < -0.3 is 19.9 Å². The lowest BCUT2D eigenvalue weighted by molar-refractivity contribution is -0.0285. The molecule has 1 saturated heterocycles. The number of carbonyl (C=O) groups excluding carboxylic acids is 1. The van der Waals surface area contributed by atoms with Gasteiger partial charge in [0.2, 0.25) is 0 Å². The summed E-state index contributed by atoms with van der Waals surface area (Å²) >= 11 is 0. The molecule has 1 amide bonds. The summed E-state index contributed by atoms with van der Waals surface area (Å²) in [6, 6.07) is 7.51. The minimum Gasteiger partial charge on any atom is -0.495 e. The van der Waals surface area contributed by atoms with E-state index in [1.807, 2.05) is 27.4 Å². The second-order valence-corrected chi connectivity index (χ2v) is 9.23. The lowest BCUT2D eigenvalue weighted by atomic mass is 10.1. The monoisotopic (exact) mass is 477 g/mol. The molecular weight excluding hydrogens is 450 g/mol. The number of anilines is 2. The third-order valence-electron chi connectivity index (χ3n) is 5.53. The summed E-state index contributed by atoms with van der Waals surface area (Å²) in [6.45, 7) is 6.70. The van der Waals surface area contributed by atoms with E-state index in [1.54, 1.807) is 45.3 Å². The molecule has 0 spiro atoms. The molecule has 1 aliphatic rings. The molecule has 4 heterocycles. The molecular formula is C24H27N7O4. The summed E-state index contributed by atoms with van der Waals surface area (Å²) < 4.78 is 19.9. The number of aromatic nitrogens is 5. The zero-order valence-corrected chi connectivity index (χ0v) is 20.0. The smallest absolute Gasteiger partial charge is 0.412 e. The quantitative estimate of drug-likeness (QED) is 0.444. The highest BCUT2D eigenvalue weighted by Crippen LogP contribution is 2.36. The first kappa shape index (κ1) is 22.7. The number of nitrogens with two attached hydrogens (primary N) is 1. The Kier molecular flexibility index (Phi) is 5.56. The standard InChI is InChI=1S/C24H27N7O4/c1-24(2,3)35-23(32)27-16-6-5-14(11-18(16)33-4)19-20-21(25)26-8-10-30(20)22(28-19)17-7-9-31(29-17)15-12-34-13-15/h5-11,15H,12-13H2,1-4H3,(H2,25,26)(H,27,32). The van der Waals surface area contributed by atoms with E-state index in [-0.39, 0.29) is 6.04 Å². The highest BCUT2D eigenvalue weighted by atomic mass is 16.6. The van der Waals surface area contributed by atoms with Crippen molar-refractivity contribution in [1.29, 1.82) is 0 Å². The number of nitrogens with one attached hydrogen (secondary N) is 1. The number of nitrogen functional groups attached to an aromatic ring is 1. The van der Waals surface area contributed by atoms with Crippen LogP contribution in [0.5, 0.6) is 5.75 Å². The molecule has 1 aliphatic heterocycles. The molecule has 3 N–H and O–H groups in total. The van der Waals surface area contributed by atoms with Crippen molar-refractivity contribution in [2.75, 3.05) is 31.4 Å². The van der Waals surface area contributed by atoms with Gasteiger partial charge in [0.15, 0.2) is 5.82 Å². The minimum absolute atomic E-state index is 0.232. The number of benzene rings is 1. The minimum atomic E-state index is -0.619. The molecule has 11 heteroatoms. The van der Waals surface area contributed by atoms with Gasteiger partial charge in [-0.05, 0) is 39.0 Å². The van der Waals surface area contributed by atoms with Crippen LogP contribution in [0.25, 0.3) is 28.3 Å². The van der Waals surface area contributed by atoms with Gasteiger partial charge >= 0.3 is 6.09 Å². The van der Waals surface area contributed by atoms with Crippen LogP contribution in [-0.4, -0.2) is 56.2 Å². The lowest BCUT2D eigenvalue weighted by Gasteiger charge is -2.25. The van der Waals surface area contributed by atoms with Crippen LogP contribution in [0, 0.1) is 0 Å². The second kappa shape index (κ2) is 8.58. The van der Waals surface area contributed by atoms with Crippen molar-refractivity contribution in [1.82, 2.24) is 24.1 Å². The molecule has 11 nitrogen and oxygen atoms in total. The van der Waals surface area contributed by atoms with Gasteiger partial charge in [0.25, 0.3) is 0 Å². The molecule has 0 aliphatic carbocycles. The Hall–Kier alpha value is -4.12. The summed E-state index contributed by atoms with van der Waals surface area (Å²) in [5.41, 5.74) is 8.85.